The van der Waals surface area contributed by atoms with Gasteiger partial charge in [0, 0.05) is 24.5 Å². The maximum atomic E-state index is 12.6. The van der Waals surface area contributed by atoms with Crippen molar-refractivity contribution in [2.75, 3.05) is 13.1 Å². The Bertz CT molecular complexity index is 470. The lowest BCUT2D eigenvalue weighted by molar-refractivity contribution is -0.0590. The second-order valence-corrected chi connectivity index (χ2v) is 8.67. The van der Waals surface area contributed by atoms with Gasteiger partial charge < -0.3 is 15.0 Å². The third kappa shape index (κ3) is 3.49. The van der Waals surface area contributed by atoms with E-state index in [0.29, 0.717) is 35.5 Å². The lowest BCUT2D eigenvalue weighted by atomic mass is 9.65. The molecule has 2 heterocycles. The number of urea groups is 1. The van der Waals surface area contributed by atoms with Crippen molar-refractivity contribution in [2.45, 2.75) is 78.0 Å². The molecule has 24 heavy (non-hydrogen) atoms. The summed E-state index contributed by atoms with van der Waals surface area (Å²) in [6.45, 7) is 10.5. The SMILES string of the molecule is CC1CC(CCNC(=O)N2CC3(CC=CC3)C2C(C)C)CC(C)O1. The summed E-state index contributed by atoms with van der Waals surface area (Å²) in [6.07, 6.45) is 10.9. The van der Waals surface area contributed by atoms with Crippen molar-refractivity contribution in [1.29, 1.82) is 0 Å². The van der Waals surface area contributed by atoms with Crippen LogP contribution in [0.5, 0.6) is 0 Å². The summed E-state index contributed by atoms with van der Waals surface area (Å²) in [5.41, 5.74) is 0.330. The highest BCUT2D eigenvalue weighted by molar-refractivity contribution is 5.76. The molecule has 4 nitrogen and oxygen atoms in total. The number of ether oxygens (including phenoxy) is 1. The number of nitrogens with one attached hydrogen (secondary N) is 1. The number of allylic oxidation sites excluding steroid dienone is 2. The highest BCUT2D eigenvalue weighted by Crippen LogP contribution is 2.50. The fraction of sp³-hybridized carbons (Fsp3) is 0.850. The summed E-state index contributed by atoms with van der Waals surface area (Å²) < 4.78 is 5.80. The molecule has 1 aliphatic carbocycles. The van der Waals surface area contributed by atoms with Crippen molar-refractivity contribution in [2.24, 2.45) is 17.3 Å². The molecule has 136 valence electrons. The Labute approximate surface area is 147 Å². The van der Waals surface area contributed by atoms with Crippen LogP contribution in [0, 0.1) is 17.3 Å². The van der Waals surface area contributed by atoms with Gasteiger partial charge in [-0.1, -0.05) is 26.0 Å². The van der Waals surface area contributed by atoms with Crippen LogP contribution in [0.3, 0.4) is 0 Å². The molecule has 0 radical (unpaired) electrons. The molecule has 0 saturated carbocycles. The van der Waals surface area contributed by atoms with Gasteiger partial charge in [-0.15, -0.1) is 0 Å². The second-order valence-electron chi connectivity index (χ2n) is 8.67. The molecule has 0 aromatic heterocycles. The first-order valence-corrected chi connectivity index (χ1v) is 9.76. The molecule has 3 aliphatic rings. The third-order valence-electron chi connectivity index (χ3n) is 6.18. The van der Waals surface area contributed by atoms with E-state index in [-0.39, 0.29) is 6.03 Å². The van der Waals surface area contributed by atoms with Crippen LogP contribution in [-0.2, 0) is 4.74 Å². The van der Waals surface area contributed by atoms with Crippen molar-refractivity contribution < 1.29 is 9.53 Å². The number of amides is 2. The zero-order valence-electron chi connectivity index (χ0n) is 15.8. The smallest absolute Gasteiger partial charge is 0.317 e. The minimum Gasteiger partial charge on any atom is -0.376 e. The molecule has 4 heteroatoms. The Kier molecular flexibility index (Phi) is 5.24. The van der Waals surface area contributed by atoms with Gasteiger partial charge in [-0.2, -0.15) is 0 Å². The fourth-order valence-corrected chi connectivity index (χ4v) is 5.37. The van der Waals surface area contributed by atoms with E-state index in [2.05, 4.69) is 50.1 Å². The first-order chi connectivity index (χ1) is 11.4. The quantitative estimate of drug-likeness (QED) is 0.791. The summed E-state index contributed by atoms with van der Waals surface area (Å²) in [4.78, 5) is 14.7. The Morgan fingerprint density at radius 2 is 1.88 bits per heavy atom. The maximum absolute atomic E-state index is 12.6. The van der Waals surface area contributed by atoms with Crippen LogP contribution in [0.4, 0.5) is 4.79 Å². The van der Waals surface area contributed by atoms with E-state index >= 15 is 0 Å². The van der Waals surface area contributed by atoms with E-state index in [1.165, 1.54) is 0 Å². The third-order valence-corrected chi connectivity index (χ3v) is 6.18. The van der Waals surface area contributed by atoms with Gasteiger partial charge in [0.15, 0.2) is 0 Å². The first-order valence-electron chi connectivity index (χ1n) is 9.76. The predicted octanol–water partition coefficient (Wildman–Crippen LogP) is 3.97. The molecule has 2 aliphatic heterocycles. The predicted molar refractivity (Wildman–Crippen MR) is 96.9 cm³/mol. The van der Waals surface area contributed by atoms with Crippen molar-refractivity contribution in [3.8, 4) is 0 Å². The minimum absolute atomic E-state index is 0.138. The molecule has 0 aromatic rings. The van der Waals surface area contributed by atoms with Gasteiger partial charge in [0.2, 0.25) is 0 Å². The molecule has 1 N–H and O–H groups in total. The molecule has 0 aromatic carbocycles. The van der Waals surface area contributed by atoms with Gasteiger partial charge in [0.05, 0.1) is 12.2 Å². The number of carbonyl (C=O) groups excluding carboxylic acids is 1. The summed E-state index contributed by atoms with van der Waals surface area (Å²) in [6, 6.07) is 0.523. The van der Waals surface area contributed by atoms with Crippen molar-refractivity contribution >= 4 is 6.03 Å². The fourth-order valence-electron chi connectivity index (χ4n) is 5.37. The Morgan fingerprint density at radius 3 is 2.46 bits per heavy atom. The topological polar surface area (TPSA) is 41.6 Å². The van der Waals surface area contributed by atoms with Crippen molar-refractivity contribution in [3.63, 3.8) is 0 Å². The molecule has 2 fully saturated rings. The summed E-state index contributed by atoms with van der Waals surface area (Å²) in [7, 11) is 0. The average molecular weight is 335 g/mol. The summed E-state index contributed by atoms with van der Waals surface area (Å²) in [5.74, 6) is 1.19. The number of likely N-dealkylation sites (tertiary alicyclic amines) is 1. The van der Waals surface area contributed by atoms with Gasteiger partial charge in [-0.05, 0) is 57.8 Å². The monoisotopic (exact) mass is 334 g/mol. The van der Waals surface area contributed by atoms with Gasteiger partial charge in [-0.25, -0.2) is 4.79 Å². The van der Waals surface area contributed by atoms with E-state index in [1.807, 2.05) is 0 Å². The number of nitrogens with zero attached hydrogens (tertiary/aromatic N) is 1. The number of hydrogen-bond acceptors (Lipinski definition) is 2. The first kappa shape index (κ1) is 17.8. The van der Waals surface area contributed by atoms with Gasteiger partial charge in [-0.3, -0.25) is 0 Å². The lowest BCUT2D eigenvalue weighted by Crippen LogP contribution is -2.69. The average Bonchev–Trinajstić information content (AvgIpc) is 2.94. The van der Waals surface area contributed by atoms with Gasteiger partial charge in [0.25, 0.3) is 0 Å². The van der Waals surface area contributed by atoms with Crippen molar-refractivity contribution in [3.05, 3.63) is 12.2 Å². The van der Waals surface area contributed by atoms with Crippen LogP contribution in [0.1, 0.15) is 59.8 Å². The highest BCUT2D eigenvalue weighted by atomic mass is 16.5. The van der Waals surface area contributed by atoms with Crippen LogP contribution in [0.15, 0.2) is 12.2 Å². The maximum Gasteiger partial charge on any atom is 0.317 e. The van der Waals surface area contributed by atoms with Crippen LogP contribution >= 0.6 is 0 Å². The molecule has 3 unspecified atom stereocenters. The molecule has 3 atom stereocenters. The molecular weight excluding hydrogens is 300 g/mol. The molecule has 3 rings (SSSR count). The van der Waals surface area contributed by atoms with Crippen LogP contribution in [0.25, 0.3) is 0 Å². The molecular formula is C20H34N2O2. The summed E-state index contributed by atoms with van der Waals surface area (Å²) >= 11 is 0. The zero-order chi connectivity index (χ0) is 17.3. The van der Waals surface area contributed by atoms with E-state index in [9.17, 15) is 4.79 Å². The number of hydrogen-bond donors (Lipinski definition) is 1. The van der Waals surface area contributed by atoms with Crippen molar-refractivity contribution in [1.82, 2.24) is 10.2 Å². The standard InChI is InChI=1S/C20H34N2O2/c1-14(2)18-20(8-5-6-9-20)13-22(18)19(23)21-10-7-17-11-15(3)24-16(4)12-17/h5-6,14-18H,7-13H2,1-4H3,(H,21,23). The van der Waals surface area contributed by atoms with Gasteiger partial charge >= 0.3 is 6.03 Å². The minimum atomic E-state index is 0.138. The second kappa shape index (κ2) is 7.07. The number of rotatable bonds is 4. The van der Waals surface area contributed by atoms with Gasteiger partial charge in [0.1, 0.15) is 0 Å². The Hall–Kier alpha value is -1.03. The van der Waals surface area contributed by atoms with E-state index in [0.717, 1.165) is 45.2 Å². The van der Waals surface area contributed by atoms with Crippen LogP contribution in [-0.4, -0.2) is 42.3 Å². The molecule has 1 spiro atoms. The lowest BCUT2D eigenvalue weighted by Gasteiger charge is -2.58. The zero-order valence-corrected chi connectivity index (χ0v) is 15.8. The van der Waals surface area contributed by atoms with E-state index < -0.39 is 0 Å². The molecule has 0 bridgehead atoms. The summed E-state index contributed by atoms with van der Waals surface area (Å²) in [5, 5.41) is 3.18. The molecule has 2 saturated heterocycles. The number of carbonyl (C=O) groups is 1. The highest BCUT2D eigenvalue weighted by Gasteiger charge is 2.55. The van der Waals surface area contributed by atoms with Crippen LogP contribution < -0.4 is 5.32 Å². The normalized spacial score (nSPS) is 34.6. The largest absolute Gasteiger partial charge is 0.376 e. The Morgan fingerprint density at radius 1 is 1.25 bits per heavy atom. The Balaban J connectivity index is 1.45. The van der Waals surface area contributed by atoms with E-state index in [4.69, 9.17) is 4.74 Å². The van der Waals surface area contributed by atoms with E-state index in [1.54, 1.807) is 0 Å². The molecule has 2 amide bonds. The van der Waals surface area contributed by atoms with Crippen LogP contribution in [0.2, 0.25) is 0 Å².